The van der Waals surface area contributed by atoms with Crippen LogP contribution in [0.5, 0.6) is 5.75 Å². The van der Waals surface area contributed by atoms with E-state index in [2.05, 4.69) is 31.8 Å². The van der Waals surface area contributed by atoms with E-state index >= 15 is 14.4 Å². The van der Waals surface area contributed by atoms with Gasteiger partial charge >= 0.3 is 20.0 Å². The molecule has 13 heteroatoms. The Kier molecular flexibility index (Phi) is 11.8. The van der Waals surface area contributed by atoms with Gasteiger partial charge in [0.2, 0.25) is 5.89 Å². The van der Waals surface area contributed by atoms with Crippen molar-refractivity contribution < 1.29 is 23.1 Å². The van der Waals surface area contributed by atoms with E-state index in [4.69, 9.17) is 18.3 Å². The quantitative estimate of drug-likeness (QED) is 0.105. The minimum atomic E-state index is -3.46. The third-order valence-electron chi connectivity index (χ3n) is 13.2. The number of carbonyl (C=O) groups is 1. The molecule has 6 aromatic rings. The summed E-state index contributed by atoms with van der Waals surface area (Å²) in [6, 6.07) is 29.6. The van der Waals surface area contributed by atoms with Crippen LogP contribution in [0.25, 0.3) is 21.0 Å². The molecule has 3 unspecified atom stereocenters. The van der Waals surface area contributed by atoms with Crippen LogP contribution in [0.4, 0.5) is 0 Å². The summed E-state index contributed by atoms with van der Waals surface area (Å²) in [6.45, 7) is 11.2. The Morgan fingerprint density at radius 1 is 0.935 bits per heavy atom. The fourth-order valence-electron chi connectivity index (χ4n) is 10.2. The molecule has 0 bridgehead atoms. The number of carbonyl (C=O) groups excluding carboxylic acids is 1. The lowest BCUT2D eigenvalue weighted by molar-refractivity contribution is -0.144. The van der Waals surface area contributed by atoms with Crippen molar-refractivity contribution in [1.82, 2.24) is 14.1 Å². The van der Waals surface area contributed by atoms with E-state index in [1.54, 1.807) is 31.7 Å². The molecule has 0 N–H and O–H groups in total. The van der Waals surface area contributed by atoms with Gasteiger partial charge in [-0.25, -0.2) is 14.3 Å². The standard InChI is InChI=1S/C49H54N4O7SSi/c1-31-41-44(54)53(49(5,6)46(55)60-62(48(2,3)4,36-16-10-8-11-17-36)37-18-12-9-13-19-37)47(56)52(45(41)61-42(31)43-51-24-25-58-43)30-40(38-20-14-15-21-39(38)57-7)59-35-28-33-26-32(22-23-50)27-34(33)29-35/h8-21,24-25,32-35,40H,22,26-30H2,1-7H3/t32?,33-,34+,35?,40?. The normalized spacial score (nSPS) is 19.6. The molecule has 2 aliphatic carbocycles. The van der Waals surface area contributed by atoms with Crippen LogP contribution in [-0.4, -0.2) is 41.6 Å². The molecular weight excluding hydrogens is 817 g/mol. The molecule has 3 aromatic heterocycles. The molecule has 2 aliphatic rings. The van der Waals surface area contributed by atoms with Gasteiger partial charge in [0.15, 0.2) is 0 Å². The lowest BCUT2D eigenvalue weighted by Crippen LogP contribution is -2.69. The van der Waals surface area contributed by atoms with Crippen molar-refractivity contribution in [2.75, 3.05) is 7.11 Å². The Bertz CT molecular complexity index is 2680. The first kappa shape index (κ1) is 43.1. The fraction of sp³-hybridized carbons (Fsp3) is 0.408. The number of hydrogen-bond acceptors (Lipinski definition) is 10. The third kappa shape index (κ3) is 7.56. The Labute approximate surface area is 367 Å². The van der Waals surface area contributed by atoms with Crippen LogP contribution in [0.2, 0.25) is 5.04 Å². The van der Waals surface area contributed by atoms with Gasteiger partial charge < -0.3 is 18.3 Å². The number of para-hydroxylation sites is 1. The molecule has 8 rings (SSSR count). The summed E-state index contributed by atoms with van der Waals surface area (Å²) in [5, 5.41) is 10.9. The summed E-state index contributed by atoms with van der Waals surface area (Å²) < 4.78 is 28.4. The number of nitrogens with zero attached hydrogens (tertiary/aromatic N) is 4. The topological polar surface area (TPSA) is 139 Å². The Hall–Kier alpha value is -5.55. The second-order valence-corrected chi connectivity index (χ2v) is 23.6. The van der Waals surface area contributed by atoms with Crippen LogP contribution in [0.1, 0.15) is 84.0 Å². The molecule has 62 heavy (non-hydrogen) atoms. The minimum absolute atomic E-state index is 0.0176. The zero-order valence-electron chi connectivity index (χ0n) is 36.4. The molecule has 2 saturated carbocycles. The average molecular weight is 871 g/mol. The first-order valence-electron chi connectivity index (χ1n) is 21.4. The number of thiophene rings is 1. The molecule has 322 valence electrons. The number of methoxy groups -OCH3 is 1. The number of aromatic nitrogens is 3. The zero-order chi connectivity index (χ0) is 44.0. The molecule has 0 saturated heterocycles. The summed E-state index contributed by atoms with van der Waals surface area (Å²) >= 11 is 1.25. The monoisotopic (exact) mass is 870 g/mol. The second-order valence-electron chi connectivity index (χ2n) is 18.4. The van der Waals surface area contributed by atoms with E-state index in [1.165, 1.54) is 17.6 Å². The second kappa shape index (κ2) is 17.0. The SMILES string of the molecule is COc1ccccc1C(Cn1c(=O)n(C(C)(C)C(=O)O[Si](c2ccccc2)(c2ccccc2)C(C)(C)C)c(=O)c2c(C)c(-c3ncco3)sc21)OC1C[C@H]2CC(CC#N)C[C@H]2C1. The van der Waals surface area contributed by atoms with Crippen molar-refractivity contribution in [3.05, 3.63) is 129 Å². The van der Waals surface area contributed by atoms with Crippen LogP contribution >= 0.6 is 11.3 Å². The highest BCUT2D eigenvalue weighted by molar-refractivity contribution is 7.22. The Balaban J connectivity index is 1.28. The summed E-state index contributed by atoms with van der Waals surface area (Å²) in [6.07, 6.45) is 6.57. The third-order valence-corrected chi connectivity index (χ3v) is 19.4. The molecule has 3 aromatic carbocycles. The number of aryl methyl sites for hydroxylation is 1. The van der Waals surface area contributed by atoms with E-state index in [9.17, 15) is 5.26 Å². The molecule has 11 nitrogen and oxygen atoms in total. The first-order valence-corrected chi connectivity index (χ1v) is 24.1. The van der Waals surface area contributed by atoms with Crippen LogP contribution in [0, 0.1) is 36.0 Å². The molecule has 0 spiro atoms. The molecular formula is C49H54N4O7SSi. The predicted molar refractivity (Wildman–Crippen MR) is 243 cm³/mol. The molecule has 5 atom stereocenters. The molecule has 3 heterocycles. The summed E-state index contributed by atoms with van der Waals surface area (Å²) in [4.78, 5) is 51.3. The van der Waals surface area contributed by atoms with Gasteiger partial charge in [-0.15, -0.1) is 11.3 Å². The number of fused-ring (bicyclic) bond motifs is 2. The van der Waals surface area contributed by atoms with E-state index in [1.807, 2.05) is 91.9 Å². The number of oxazole rings is 1. The van der Waals surface area contributed by atoms with Crippen molar-refractivity contribution >= 4 is 46.2 Å². The van der Waals surface area contributed by atoms with Crippen LogP contribution in [0.3, 0.4) is 0 Å². The molecule has 2 fully saturated rings. The highest BCUT2D eigenvalue weighted by atomic mass is 32.1. The van der Waals surface area contributed by atoms with Gasteiger partial charge in [0.05, 0.1) is 42.3 Å². The maximum Gasteiger partial charge on any atom is 0.333 e. The largest absolute Gasteiger partial charge is 0.508 e. The van der Waals surface area contributed by atoms with Gasteiger partial charge in [0.25, 0.3) is 5.56 Å². The highest BCUT2D eigenvalue weighted by Gasteiger charge is 2.55. The lowest BCUT2D eigenvalue weighted by Gasteiger charge is -2.43. The molecule has 0 radical (unpaired) electrons. The molecule has 0 amide bonds. The van der Waals surface area contributed by atoms with E-state index in [0.29, 0.717) is 51.1 Å². The van der Waals surface area contributed by atoms with Crippen molar-refractivity contribution in [2.45, 2.75) is 103 Å². The van der Waals surface area contributed by atoms with Gasteiger partial charge in [-0.3, -0.25) is 14.2 Å². The first-order chi connectivity index (χ1) is 29.7. The summed E-state index contributed by atoms with van der Waals surface area (Å²) in [7, 11) is -1.85. The zero-order valence-corrected chi connectivity index (χ0v) is 38.2. The highest BCUT2D eigenvalue weighted by Crippen LogP contribution is 2.50. The number of nitriles is 1. The van der Waals surface area contributed by atoms with E-state index in [-0.39, 0.29) is 18.0 Å². The van der Waals surface area contributed by atoms with E-state index < -0.39 is 42.2 Å². The number of benzene rings is 3. The van der Waals surface area contributed by atoms with Gasteiger partial charge in [0, 0.05) is 12.0 Å². The number of rotatable bonds is 13. The van der Waals surface area contributed by atoms with Gasteiger partial charge in [-0.05, 0) is 91.2 Å². The van der Waals surface area contributed by atoms with Crippen molar-refractivity contribution in [2.24, 2.45) is 17.8 Å². The minimum Gasteiger partial charge on any atom is -0.508 e. The van der Waals surface area contributed by atoms with Crippen LogP contribution in [-0.2, 0) is 26.0 Å². The Morgan fingerprint density at radius 3 is 2.11 bits per heavy atom. The smallest absolute Gasteiger partial charge is 0.333 e. The number of ether oxygens (including phenoxy) is 2. The van der Waals surface area contributed by atoms with Crippen LogP contribution < -0.4 is 26.4 Å². The molecule has 0 aliphatic heterocycles. The predicted octanol–water partition coefficient (Wildman–Crippen LogP) is 8.51. The average Bonchev–Trinajstić information content (AvgIpc) is 4.06. The fourth-order valence-corrected chi connectivity index (χ4v) is 15.9. The summed E-state index contributed by atoms with van der Waals surface area (Å²) in [5.74, 6) is 1.60. The Morgan fingerprint density at radius 2 is 1.55 bits per heavy atom. The van der Waals surface area contributed by atoms with Crippen molar-refractivity contribution in [1.29, 1.82) is 5.26 Å². The maximum atomic E-state index is 15.5. The van der Waals surface area contributed by atoms with Crippen molar-refractivity contribution in [3.8, 4) is 22.6 Å². The van der Waals surface area contributed by atoms with Gasteiger partial charge in [0.1, 0.15) is 28.5 Å². The van der Waals surface area contributed by atoms with E-state index in [0.717, 1.165) is 46.2 Å². The number of hydrogen-bond donors (Lipinski definition) is 0. The summed E-state index contributed by atoms with van der Waals surface area (Å²) in [5.41, 5.74) is -1.71. The van der Waals surface area contributed by atoms with Gasteiger partial charge in [-0.2, -0.15) is 5.26 Å². The maximum absolute atomic E-state index is 15.5. The van der Waals surface area contributed by atoms with Crippen molar-refractivity contribution in [3.63, 3.8) is 0 Å². The van der Waals surface area contributed by atoms with Crippen LogP contribution in [0.15, 0.2) is 111 Å². The van der Waals surface area contributed by atoms with Gasteiger partial charge in [-0.1, -0.05) is 99.6 Å². The lowest BCUT2D eigenvalue weighted by atomic mass is 10.00.